The van der Waals surface area contributed by atoms with Gasteiger partial charge in [-0.25, -0.2) is 4.98 Å². The van der Waals surface area contributed by atoms with E-state index in [-0.39, 0.29) is 29.6 Å². The lowest BCUT2D eigenvalue weighted by Crippen LogP contribution is -2.31. The Morgan fingerprint density at radius 1 is 1.43 bits per heavy atom. The first-order valence-corrected chi connectivity index (χ1v) is 8.20. The fourth-order valence-corrected chi connectivity index (χ4v) is 3.28. The molecule has 2 N–H and O–H groups in total. The Morgan fingerprint density at radius 3 is 3.00 bits per heavy atom. The molecule has 5 nitrogen and oxygen atoms in total. The second-order valence-corrected chi connectivity index (χ2v) is 6.39. The molecule has 0 radical (unpaired) electrons. The molecule has 2 heterocycles. The molecule has 0 unspecified atom stereocenters. The minimum atomic E-state index is -0.375. The predicted molar refractivity (Wildman–Crippen MR) is 91.0 cm³/mol. The van der Waals surface area contributed by atoms with Crippen molar-refractivity contribution < 1.29 is 4.79 Å². The largest absolute Gasteiger partial charge is 0.310 e. The third-order valence-electron chi connectivity index (χ3n) is 3.47. The van der Waals surface area contributed by atoms with Crippen LogP contribution in [0.4, 0.5) is 5.82 Å². The van der Waals surface area contributed by atoms with Crippen LogP contribution < -0.4 is 10.9 Å². The maximum atomic E-state index is 12.5. The number of H-pyrrole nitrogens is 1. The summed E-state index contributed by atoms with van der Waals surface area (Å²) in [4.78, 5) is 31.5. The van der Waals surface area contributed by atoms with Gasteiger partial charge in [0, 0.05) is 17.4 Å². The number of hydrogen-bond donors (Lipinski definition) is 2. The number of benzene rings is 1. The Bertz CT molecular complexity index is 872. The van der Waals surface area contributed by atoms with Crippen LogP contribution in [0, 0.1) is 12.3 Å². The highest BCUT2D eigenvalue weighted by molar-refractivity contribution is 7.99. The average Bonchev–Trinajstić information content (AvgIpc) is 2.51. The van der Waals surface area contributed by atoms with Crippen LogP contribution in [0.1, 0.15) is 23.5 Å². The van der Waals surface area contributed by atoms with Crippen molar-refractivity contribution in [2.24, 2.45) is 0 Å². The van der Waals surface area contributed by atoms with E-state index in [9.17, 15) is 9.59 Å². The smallest absolute Gasteiger partial charge is 0.257 e. The van der Waals surface area contributed by atoms with Gasteiger partial charge in [0.2, 0.25) is 5.91 Å². The van der Waals surface area contributed by atoms with Crippen molar-refractivity contribution in [3.8, 4) is 12.3 Å². The number of carbonyl (C=O) groups excluding carboxylic acids is 1. The summed E-state index contributed by atoms with van der Waals surface area (Å²) in [6, 6.07) is 7.15. The molecule has 1 aromatic heterocycles. The molecule has 1 atom stereocenters. The highest BCUT2D eigenvalue weighted by Crippen LogP contribution is 2.35. The fraction of sp³-hybridized carbons (Fsp3) is 0.188. The van der Waals surface area contributed by atoms with Crippen LogP contribution in [-0.2, 0) is 4.79 Å². The summed E-state index contributed by atoms with van der Waals surface area (Å²) in [6.45, 7) is 0. The van der Waals surface area contributed by atoms with E-state index in [2.05, 4.69) is 21.2 Å². The number of hydrogen-bond acceptors (Lipinski definition) is 4. The first-order valence-electron chi connectivity index (χ1n) is 6.84. The number of terminal acetylenes is 1. The number of nitrogens with zero attached hydrogens (tertiary/aromatic N) is 1. The van der Waals surface area contributed by atoms with E-state index < -0.39 is 0 Å². The molecule has 0 saturated heterocycles. The maximum Gasteiger partial charge on any atom is 0.257 e. The Labute approximate surface area is 141 Å². The minimum absolute atomic E-state index is 0.176. The van der Waals surface area contributed by atoms with Crippen LogP contribution in [0.3, 0.4) is 0 Å². The lowest BCUT2D eigenvalue weighted by Gasteiger charge is -2.24. The van der Waals surface area contributed by atoms with Crippen LogP contribution in [0.25, 0.3) is 0 Å². The molecule has 0 fully saturated rings. The van der Waals surface area contributed by atoms with E-state index in [4.69, 9.17) is 18.0 Å². The van der Waals surface area contributed by atoms with Crippen molar-refractivity contribution in [1.82, 2.24) is 9.97 Å². The minimum Gasteiger partial charge on any atom is -0.310 e. The Morgan fingerprint density at radius 2 is 2.26 bits per heavy atom. The number of rotatable bonds is 3. The molecule has 1 aliphatic rings. The third kappa shape index (κ3) is 3.26. The van der Waals surface area contributed by atoms with Gasteiger partial charge in [-0.15, -0.1) is 6.42 Å². The van der Waals surface area contributed by atoms with Crippen molar-refractivity contribution in [3.05, 3.63) is 50.8 Å². The number of halogens is 1. The summed E-state index contributed by atoms with van der Waals surface area (Å²) < 4.78 is 0. The molecule has 1 aliphatic heterocycles. The molecule has 0 bridgehead atoms. The molecular formula is C16H12ClN3O2S. The van der Waals surface area contributed by atoms with Crippen LogP contribution >= 0.6 is 23.4 Å². The van der Waals surface area contributed by atoms with Gasteiger partial charge in [-0.2, -0.15) is 0 Å². The SMILES string of the molecule is C#CCSc1nc2c(c(=O)[nH]1)[C@H](c1cccc(Cl)c1)CC(=O)N2. The van der Waals surface area contributed by atoms with Gasteiger partial charge in [-0.1, -0.05) is 41.4 Å². The number of anilines is 1. The van der Waals surface area contributed by atoms with Gasteiger partial charge in [0.15, 0.2) is 5.16 Å². The molecule has 3 rings (SSSR count). The number of carbonyl (C=O) groups is 1. The predicted octanol–water partition coefficient (Wildman–Crippen LogP) is 2.62. The Hall–Kier alpha value is -2.23. The van der Waals surface area contributed by atoms with E-state index in [0.29, 0.717) is 21.5 Å². The second-order valence-electron chi connectivity index (χ2n) is 4.99. The average molecular weight is 346 g/mol. The molecular weight excluding hydrogens is 334 g/mol. The number of amides is 1. The highest BCUT2D eigenvalue weighted by atomic mass is 35.5. The topological polar surface area (TPSA) is 74.8 Å². The van der Waals surface area contributed by atoms with E-state index >= 15 is 0 Å². The monoisotopic (exact) mass is 345 g/mol. The van der Waals surface area contributed by atoms with Gasteiger partial charge in [0.25, 0.3) is 5.56 Å². The van der Waals surface area contributed by atoms with E-state index in [1.54, 1.807) is 18.2 Å². The fourth-order valence-electron chi connectivity index (χ4n) is 2.54. The van der Waals surface area contributed by atoms with Crippen molar-refractivity contribution in [2.45, 2.75) is 17.5 Å². The second kappa shape index (κ2) is 6.49. The zero-order chi connectivity index (χ0) is 16.4. The van der Waals surface area contributed by atoms with Crippen molar-refractivity contribution in [2.75, 3.05) is 11.1 Å². The number of fused-ring (bicyclic) bond motifs is 1. The van der Waals surface area contributed by atoms with Crippen molar-refractivity contribution in [1.29, 1.82) is 0 Å². The first-order chi connectivity index (χ1) is 11.1. The van der Waals surface area contributed by atoms with Crippen LogP contribution in [0.5, 0.6) is 0 Å². The lowest BCUT2D eigenvalue weighted by molar-refractivity contribution is -0.116. The standard InChI is InChI=1S/C16H12ClN3O2S/c1-2-6-23-16-19-14-13(15(22)20-16)11(8-12(21)18-14)9-4-3-5-10(17)7-9/h1,3-5,7,11H,6,8H2,(H2,18,19,20,21,22)/t11-/m0/s1. The van der Waals surface area contributed by atoms with Gasteiger partial charge in [-0.05, 0) is 17.7 Å². The molecule has 0 aliphatic carbocycles. The molecule has 0 spiro atoms. The van der Waals surface area contributed by atoms with E-state index in [0.717, 1.165) is 5.56 Å². The summed E-state index contributed by atoms with van der Waals surface area (Å²) in [5, 5.41) is 3.61. The molecule has 1 aromatic carbocycles. The summed E-state index contributed by atoms with van der Waals surface area (Å²) in [7, 11) is 0. The van der Waals surface area contributed by atoms with Crippen molar-refractivity contribution >= 4 is 35.1 Å². The molecule has 1 amide bonds. The van der Waals surface area contributed by atoms with Crippen LogP contribution in [-0.4, -0.2) is 21.6 Å². The molecule has 7 heteroatoms. The van der Waals surface area contributed by atoms with Gasteiger partial charge >= 0.3 is 0 Å². The molecule has 2 aromatic rings. The van der Waals surface area contributed by atoms with Crippen LogP contribution in [0.15, 0.2) is 34.2 Å². The first kappa shape index (κ1) is 15.7. The number of aromatic nitrogens is 2. The quantitative estimate of drug-likeness (QED) is 0.509. The van der Waals surface area contributed by atoms with Gasteiger partial charge in [0.1, 0.15) is 5.82 Å². The maximum absolute atomic E-state index is 12.5. The van der Waals surface area contributed by atoms with Crippen molar-refractivity contribution in [3.63, 3.8) is 0 Å². The number of aromatic amines is 1. The Balaban J connectivity index is 2.09. The number of thioether (sulfide) groups is 1. The third-order valence-corrected chi connectivity index (χ3v) is 4.49. The summed E-state index contributed by atoms with van der Waals surface area (Å²) in [6.07, 6.45) is 5.39. The van der Waals surface area contributed by atoms with Crippen LogP contribution in [0.2, 0.25) is 5.02 Å². The molecule has 116 valence electrons. The molecule has 23 heavy (non-hydrogen) atoms. The van der Waals surface area contributed by atoms with Gasteiger partial charge in [-0.3, -0.25) is 9.59 Å². The zero-order valence-corrected chi connectivity index (χ0v) is 13.5. The lowest BCUT2D eigenvalue weighted by atomic mass is 9.87. The van der Waals surface area contributed by atoms with E-state index in [1.165, 1.54) is 11.8 Å². The number of nitrogens with one attached hydrogen (secondary N) is 2. The highest BCUT2D eigenvalue weighted by Gasteiger charge is 2.30. The zero-order valence-electron chi connectivity index (χ0n) is 11.9. The summed E-state index contributed by atoms with van der Waals surface area (Å²) in [5.74, 6) is 2.57. The summed E-state index contributed by atoms with van der Waals surface area (Å²) >= 11 is 7.26. The molecule has 0 saturated carbocycles. The van der Waals surface area contributed by atoms with E-state index in [1.807, 2.05) is 6.07 Å². The normalized spacial score (nSPS) is 16.3. The Kier molecular flexibility index (Phi) is 4.42. The van der Waals surface area contributed by atoms with Gasteiger partial charge in [0.05, 0.1) is 11.3 Å². The summed E-state index contributed by atoms with van der Waals surface area (Å²) in [5.41, 5.74) is 0.973. The van der Waals surface area contributed by atoms with Gasteiger partial charge < -0.3 is 10.3 Å².